The number of fused-ring (bicyclic) bond motifs is 1. The highest BCUT2D eigenvalue weighted by Crippen LogP contribution is 2.39. The van der Waals surface area contributed by atoms with Crippen molar-refractivity contribution in [3.05, 3.63) is 60.3 Å². The number of methoxy groups -OCH3 is 1. The second-order valence-electron chi connectivity index (χ2n) is 16.0. The molecule has 3 N–H and O–H groups in total. The fraction of sp³-hybridized carbons (Fsp3) is 0.545. The molecule has 1 unspecified atom stereocenters. The second-order valence-corrected chi connectivity index (χ2v) is 16.0. The van der Waals surface area contributed by atoms with Crippen molar-refractivity contribution in [3.8, 4) is 5.75 Å². The zero-order valence-corrected chi connectivity index (χ0v) is 33.3. The summed E-state index contributed by atoms with van der Waals surface area (Å²) >= 11 is 0. The molecule has 2 aromatic carbocycles. The van der Waals surface area contributed by atoms with Gasteiger partial charge in [-0.15, -0.1) is 0 Å². The lowest BCUT2D eigenvalue weighted by molar-refractivity contribution is -0.121. The molecule has 300 valence electrons. The molecule has 2 amide bonds. The topological polar surface area (TPSA) is 126 Å². The number of carbonyl (C=O) groups is 2. The number of allylic oxidation sites excluding steroid dienone is 1. The summed E-state index contributed by atoms with van der Waals surface area (Å²) in [5.74, 6) is 1.78. The lowest BCUT2D eigenvalue weighted by atomic mass is 9.94. The number of aliphatic hydroxyl groups excluding tert-OH is 1. The Balaban J connectivity index is 0.886. The Labute approximate surface area is 332 Å². The first kappa shape index (κ1) is 39.6. The van der Waals surface area contributed by atoms with Crippen LogP contribution in [0.4, 0.5) is 34.5 Å². The maximum atomic E-state index is 12.5. The van der Waals surface area contributed by atoms with E-state index in [9.17, 15) is 14.7 Å². The second kappa shape index (κ2) is 19.0. The number of aliphatic hydroxyl groups is 1. The van der Waals surface area contributed by atoms with Gasteiger partial charge in [-0.2, -0.15) is 4.98 Å². The highest BCUT2D eigenvalue weighted by molar-refractivity contribution is 5.94. The SMILES string of the molecule is COc1cc(N2CCN(CCCCCCCCN(C=O)C3CCCCC3)CC2)ccc1Nc1ncc2c(n1)N(c1cccc(NC(=O)C3CC3)c1)C(O)C=C2C. The third kappa shape index (κ3) is 10.00. The minimum Gasteiger partial charge on any atom is -0.494 e. The molecular weight excluding hydrogens is 705 g/mol. The van der Waals surface area contributed by atoms with Gasteiger partial charge in [-0.3, -0.25) is 19.4 Å². The number of benzene rings is 2. The van der Waals surface area contributed by atoms with Gasteiger partial charge in [0, 0.05) is 79.6 Å². The maximum Gasteiger partial charge on any atom is 0.229 e. The number of carbonyl (C=O) groups excluding carboxylic acids is 2. The van der Waals surface area contributed by atoms with E-state index in [4.69, 9.17) is 9.72 Å². The van der Waals surface area contributed by atoms with Crippen molar-refractivity contribution >= 4 is 52.4 Å². The van der Waals surface area contributed by atoms with Crippen molar-refractivity contribution in [2.45, 2.75) is 103 Å². The molecule has 2 aliphatic carbocycles. The van der Waals surface area contributed by atoms with Crippen LogP contribution in [0.2, 0.25) is 0 Å². The summed E-state index contributed by atoms with van der Waals surface area (Å²) in [6.07, 6.45) is 19.2. The number of nitrogens with zero attached hydrogens (tertiary/aromatic N) is 6. The Bertz CT molecular complexity index is 1820. The molecule has 3 fully saturated rings. The zero-order valence-electron chi connectivity index (χ0n) is 33.3. The number of ether oxygens (including phenoxy) is 1. The van der Waals surface area contributed by atoms with Crippen molar-refractivity contribution in [1.82, 2.24) is 19.8 Å². The summed E-state index contributed by atoms with van der Waals surface area (Å²) in [6, 6.07) is 14.2. The number of hydrogen-bond donors (Lipinski definition) is 3. The van der Waals surface area contributed by atoms with E-state index in [1.807, 2.05) is 37.3 Å². The molecule has 3 heterocycles. The molecule has 1 saturated heterocycles. The summed E-state index contributed by atoms with van der Waals surface area (Å²) in [5, 5.41) is 17.6. The summed E-state index contributed by atoms with van der Waals surface area (Å²) in [7, 11) is 1.68. The van der Waals surface area contributed by atoms with Crippen LogP contribution >= 0.6 is 0 Å². The highest BCUT2D eigenvalue weighted by Gasteiger charge is 2.31. The molecule has 56 heavy (non-hydrogen) atoms. The Morgan fingerprint density at radius 3 is 2.46 bits per heavy atom. The van der Waals surface area contributed by atoms with Crippen molar-refractivity contribution in [2.75, 3.05) is 66.8 Å². The van der Waals surface area contributed by atoms with Gasteiger partial charge in [0.25, 0.3) is 0 Å². The minimum atomic E-state index is -0.943. The van der Waals surface area contributed by atoms with Gasteiger partial charge in [0.1, 0.15) is 11.6 Å². The molecule has 0 bridgehead atoms. The van der Waals surface area contributed by atoms with E-state index in [1.165, 1.54) is 64.2 Å². The number of rotatable bonds is 18. The van der Waals surface area contributed by atoms with Crippen LogP contribution in [-0.2, 0) is 9.59 Å². The average Bonchev–Trinajstić information content (AvgIpc) is 4.08. The van der Waals surface area contributed by atoms with Gasteiger partial charge in [-0.05, 0) is 94.0 Å². The molecule has 0 spiro atoms. The molecular formula is C44H60N8O4. The van der Waals surface area contributed by atoms with Gasteiger partial charge in [0.05, 0.1) is 12.8 Å². The Morgan fingerprint density at radius 2 is 1.71 bits per heavy atom. The molecule has 4 aliphatic rings. The summed E-state index contributed by atoms with van der Waals surface area (Å²) in [5.41, 5.74) is 4.97. The largest absolute Gasteiger partial charge is 0.494 e. The standard InChI is InChI=1S/C44H60N8O4/c1-32-27-41(54)52(37-16-12-13-34(28-37)46-43(55)33-17-18-33)42-38(32)30-45-44(48-42)47-39-20-19-36(29-40(39)56-2)50-25-23-49(24-26-50)21-10-5-3-4-6-11-22-51(31-53)35-14-8-7-9-15-35/h12-13,16,19-20,27-31,33,35,41,54H,3-11,14-15,17-18,21-26H2,1-2H3,(H,46,55)(H,45,47,48). The predicted octanol–water partition coefficient (Wildman–Crippen LogP) is 7.70. The van der Waals surface area contributed by atoms with Crippen LogP contribution in [0.25, 0.3) is 5.57 Å². The fourth-order valence-corrected chi connectivity index (χ4v) is 8.41. The Kier molecular flexibility index (Phi) is 13.4. The van der Waals surface area contributed by atoms with Gasteiger partial charge < -0.3 is 30.3 Å². The van der Waals surface area contributed by atoms with Crippen LogP contribution in [0.1, 0.15) is 96.0 Å². The number of aromatic nitrogens is 2. The molecule has 1 aromatic heterocycles. The van der Waals surface area contributed by atoms with Gasteiger partial charge in [-0.1, -0.05) is 51.0 Å². The molecule has 2 saturated carbocycles. The third-order valence-electron chi connectivity index (χ3n) is 11.9. The van der Waals surface area contributed by atoms with E-state index in [-0.39, 0.29) is 11.8 Å². The van der Waals surface area contributed by atoms with E-state index < -0.39 is 6.23 Å². The maximum absolute atomic E-state index is 12.5. The lowest BCUT2D eigenvalue weighted by Crippen LogP contribution is -2.46. The molecule has 0 radical (unpaired) electrons. The van der Waals surface area contributed by atoms with Gasteiger partial charge in [0.2, 0.25) is 18.3 Å². The molecule has 1 atom stereocenters. The monoisotopic (exact) mass is 764 g/mol. The number of unbranched alkanes of at least 4 members (excludes halogenated alkanes) is 5. The van der Waals surface area contributed by atoms with Crippen LogP contribution in [0.15, 0.2) is 54.7 Å². The fourth-order valence-electron chi connectivity index (χ4n) is 8.41. The van der Waals surface area contributed by atoms with Crippen molar-refractivity contribution < 1.29 is 19.4 Å². The number of anilines is 6. The van der Waals surface area contributed by atoms with Crippen LogP contribution in [0.5, 0.6) is 5.75 Å². The smallest absolute Gasteiger partial charge is 0.229 e. The quantitative estimate of drug-likeness (QED) is 0.0877. The highest BCUT2D eigenvalue weighted by atomic mass is 16.5. The Morgan fingerprint density at radius 1 is 0.946 bits per heavy atom. The van der Waals surface area contributed by atoms with E-state index in [0.717, 1.165) is 87.5 Å². The number of nitrogens with one attached hydrogen (secondary N) is 2. The van der Waals surface area contributed by atoms with Gasteiger partial charge >= 0.3 is 0 Å². The molecule has 7 rings (SSSR count). The molecule has 12 nitrogen and oxygen atoms in total. The first-order valence-corrected chi connectivity index (χ1v) is 21.0. The van der Waals surface area contributed by atoms with Crippen LogP contribution in [0.3, 0.4) is 0 Å². The predicted molar refractivity (Wildman–Crippen MR) is 224 cm³/mol. The third-order valence-corrected chi connectivity index (χ3v) is 11.9. The normalized spacial score (nSPS) is 18.9. The molecule has 12 heteroatoms. The molecule has 2 aliphatic heterocycles. The van der Waals surface area contributed by atoms with Crippen molar-refractivity contribution in [1.29, 1.82) is 0 Å². The lowest BCUT2D eigenvalue weighted by Gasteiger charge is -2.36. The first-order chi connectivity index (χ1) is 27.4. The van der Waals surface area contributed by atoms with Gasteiger partial charge in [0.15, 0.2) is 6.23 Å². The average molecular weight is 765 g/mol. The Hall–Kier alpha value is -4.68. The summed E-state index contributed by atoms with van der Waals surface area (Å²) in [4.78, 5) is 42.4. The number of amides is 2. The van der Waals surface area contributed by atoms with Crippen LogP contribution in [-0.4, -0.2) is 95.8 Å². The summed E-state index contributed by atoms with van der Waals surface area (Å²) in [6.45, 7) is 8.03. The van der Waals surface area contributed by atoms with E-state index in [1.54, 1.807) is 24.3 Å². The van der Waals surface area contributed by atoms with Crippen molar-refractivity contribution in [3.63, 3.8) is 0 Å². The van der Waals surface area contributed by atoms with E-state index >= 15 is 0 Å². The van der Waals surface area contributed by atoms with Crippen LogP contribution < -0.4 is 25.2 Å². The van der Waals surface area contributed by atoms with E-state index in [2.05, 4.69) is 42.5 Å². The summed E-state index contributed by atoms with van der Waals surface area (Å²) < 4.78 is 5.85. The number of hydrogen-bond acceptors (Lipinski definition) is 10. The number of piperazine rings is 1. The molecule has 3 aromatic rings. The van der Waals surface area contributed by atoms with Crippen molar-refractivity contribution in [2.24, 2.45) is 5.92 Å². The van der Waals surface area contributed by atoms with E-state index in [0.29, 0.717) is 34.9 Å². The zero-order chi connectivity index (χ0) is 38.9. The minimum absolute atomic E-state index is 0.0338. The first-order valence-electron chi connectivity index (χ1n) is 21.0. The van der Waals surface area contributed by atoms with Crippen LogP contribution in [0, 0.1) is 5.92 Å². The van der Waals surface area contributed by atoms with Gasteiger partial charge in [-0.25, -0.2) is 4.98 Å².